The Hall–Kier alpha value is 0.500. The lowest BCUT2D eigenvalue weighted by molar-refractivity contribution is 0.586. The van der Waals surface area contributed by atoms with Gasteiger partial charge in [-0.15, -0.1) is 0 Å². The van der Waals surface area contributed by atoms with Crippen molar-refractivity contribution in [3.63, 3.8) is 0 Å². The highest BCUT2D eigenvalue weighted by atomic mass is 32.7. The second-order valence-corrected chi connectivity index (χ2v) is 7.71. The summed E-state index contributed by atoms with van der Waals surface area (Å²) in [6, 6.07) is 0. The molecule has 0 aromatic rings. The van der Waals surface area contributed by atoms with E-state index in [1.165, 1.54) is 30.6 Å². The third kappa shape index (κ3) is 8.60. The predicted molar refractivity (Wildman–Crippen MR) is 57.2 cm³/mol. The molecule has 12 heavy (non-hydrogen) atoms. The third-order valence-corrected chi connectivity index (χ3v) is 4.55. The molecule has 4 N–H and O–H groups in total. The van der Waals surface area contributed by atoms with Crippen LogP contribution in [0.4, 0.5) is 0 Å². The lowest BCUT2D eigenvalue weighted by Crippen LogP contribution is -2.05. The van der Waals surface area contributed by atoms with Crippen molar-refractivity contribution in [1.82, 2.24) is 0 Å². The van der Waals surface area contributed by atoms with Crippen LogP contribution in [-0.2, 0) is 4.57 Å². The minimum Gasteiger partial charge on any atom is -0.277 e. The van der Waals surface area contributed by atoms with Crippen molar-refractivity contribution >= 4 is 18.0 Å². The lowest BCUT2D eigenvalue weighted by atomic mass is 10.2. The van der Waals surface area contributed by atoms with Crippen molar-refractivity contribution in [3.8, 4) is 0 Å². The van der Waals surface area contributed by atoms with Gasteiger partial charge in [-0.3, -0.25) is 15.6 Å². The van der Waals surface area contributed by atoms with Crippen molar-refractivity contribution in [2.45, 2.75) is 44.8 Å². The Morgan fingerprint density at radius 1 is 1.42 bits per heavy atom. The number of rotatable bonds is 6. The van der Waals surface area contributed by atoms with E-state index >= 15 is 0 Å². The fourth-order valence-electron chi connectivity index (χ4n) is 1.02. The van der Waals surface area contributed by atoms with Crippen LogP contribution < -0.4 is 11.0 Å². The normalized spacial score (nSPS) is 14.7. The van der Waals surface area contributed by atoms with Gasteiger partial charge in [0, 0.05) is 5.25 Å². The first-order valence-corrected chi connectivity index (χ1v) is 7.64. The van der Waals surface area contributed by atoms with Crippen molar-refractivity contribution in [3.05, 3.63) is 0 Å². The van der Waals surface area contributed by atoms with Gasteiger partial charge in [-0.1, -0.05) is 44.5 Å². The number of hydrogen-bond donors (Lipinski definition) is 2. The molecule has 0 rings (SSSR count). The topological polar surface area (TPSA) is 69.1 Å². The smallest absolute Gasteiger partial charge is 0.261 e. The minimum atomic E-state index is -2.85. The van der Waals surface area contributed by atoms with Crippen molar-refractivity contribution < 1.29 is 4.57 Å². The quantitative estimate of drug-likeness (QED) is 0.522. The minimum absolute atomic E-state index is 0.317. The Morgan fingerprint density at radius 3 is 2.42 bits per heavy atom. The lowest BCUT2D eigenvalue weighted by Gasteiger charge is -2.12. The molecule has 0 bridgehead atoms. The molecule has 0 aromatic carbocycles. The van der Waals surface area contributed by atoms with Crippen molar-refractivity contribution in [1.29, 1.82) is 0 Å². The molecule has 0 aliphatic heterocycles. The molecule has 0 saturated heterocycles. The summed E-state index contributed by atoms with van der Waals surface area (Å²) in [5.41, 5.74) is 10.5. The fraction of sp³-hybridized carbons (Fsp3) is 1.00. The van der Waals surface area contributed by atoms with Gasteiger partial charge in [0.15, 0.2) is 0 Å². The molecular formula is C7H19N2OPS. The summed E-state index contributed by atoms with van der Waals surface area (Å²) in [6.07, 6.45) is 4.66. The third-order valence-electron chi connectivity index (χ3n) is 1.56. The first-order chi connectivity index (χ1) is 5.45. The number of unbranched alkanes of at least 4 members (excludes halogenated alkanes) is 2. The van der Waals surface area contributed by atoms with E-state index in [4.69, 9.17) is 11.0 Å². The monoisotopic (exact) mass is 210 g/mol. The van der Waals surface area contributed by atoms with E-state index in [-0.39, 0.29) is 0 Å². The zero-order valence-corrected chi connectivity index (χ0v) is 9.54. The van der Waals surface area contributed by atoms with E-state index in [1.807, 2.05) is 6.92 Å². The van der Waals surface area contributed by atoms with Crippen LogP contribution in [0.5, 0.6) is 0 Å². The average Bonchev–Trinajstić information content (AvgIpc) is 1.84. The predicted octanol–water partition coefficient (Wildman–Crippen LogP) is 2.71. The molecule has 74 valence electrons. The van der Waals surface area contributed by atoms with Gasteiger partial charge in [0.25, 0.3) is 6.65 Å². The maximum atomic E-state index is 11.0. The van der Waals surface area contributed by atoms with Gasteiger partial charge < -0.3 is 0 Å². The van der Waals surface area contributed by atoms with E-state index in [0.29, 0.717) is 5.25 Å². The molecule has 1 unspecified atom stereocenters. The molecule has 0 heterocycles. The first-order valence-electron chi connectivity index (χ1n) is 4.31. The fourth-order valence-corrected chi connectivity index (χ4v) is 3.85. The molecule has 0 aromatic heterocycles. The molecule has 5 heteroatoms. The van der Waals surface area contributed by atoms with Crippen LogP contribution in [0.3, 0.4) is 0 Å². The van der Waals surface area contributed by atoms with Crippen molar-refractivity contribution in [2.75, 3.05) is 0 Å². The molecule has 0 aliphatic rings. The average molecular weight is 210 g/mol. The highest BCUT2D eigenvalue weighted by molar-refractivity contribution is 8.57. The van der Waals surface area contributed by atoms with Crippen molar-refractivity contribution in [2.24, 2.45) is 11.0 Å². The number of nitrogens with two attached hydrogens (primary N) is 2. The zero-order chi connectivity index (χ0) is 9.61. The SMILES string of the molecule is CCCCCC(C)SP(N)(N)=O. The van der Waals surface area contributed by atoms with Gasteiger partial charge in [-0.2, -0.15) is 0 Å². The van der Waals surface area contributed by atoms with E-state index in [1.54, 1.807) is 0 Å². The van der Waals surface area contributed by atoms with Crippen LogP contribution in [0.25, 0.3) is 0 Å². The van der Waals surface area contributed by atoms with Gasteiger partial charge in [0.2, 0.25) is 0 Å². The van der Waals surface area contributed by atoms with Crippen LogP contribution in [0, 0.1) is 0 Å². The second kappa shape index (κ2) is 6.03. The van der Waals surface area contributed by atoms with Crippen LogP contribution in [-0.4, -0.2) is 5.25 Å². The zero-order valence-electron chi connectivity index (χ0n) is 7.82. The summed E-state index contributed by atoms with van der Waals surface area (Å²) in [5, 5.41) is 0.317. The summed E-state index contributed by atoms with van der Waals surface area (Å²) in [5.74, 6) is 0. The summed E-state index contributed by atoms with van der Waals surface area (Å²) in [6.45, 7) is 1.33. The van der Waals surface area contributed by atoms with E-state index in [2.05, 4.69) is 6.92 Å². The standard InChI is InChI=1S/C7H19N2OPS/c1-3-4-5-6-7(2)12-11(8,9)10/h7H,3-6H2,1-2H3,(H4,8,9,10). The van der Waals surface area contributed by atoms with E-state index in [0.717, 1.165) is 6.42 Å². The molecule has 3 nitrogen and oxygen atoms in total. The van der Waals surface area contributed by atoms with E-state index < -0.39 is 6.65 Å². The van der Waals surface area contributed by atoms with E-state index in [9.17, 15) is 4.57 Å². The van der Waals surface area contributed by atoms with Gasteiger partial charge in [0.1, 0.15) is 0 Å². The van der Waals surface area contributed by atoms with Crippen LogP contribution >= 0.6 is 18.0 Å². The van der Waals surface area contributed by atoms with Gasteiger partial charge in [-0.05, 0) is 6.42 Å². The highest BCUT2D eigenvalue weighted by Gasteiger charge is 2.14. The highest BCUT2D eigenvalue weighted by Crippen LogP contribution is 2.46. The van der Waals surface area contributed by atoms with Gasteiger partial charge in [0.05, 0.1) is 0 Å². The Morgan fingerprint density at radius 2 is 2.00 bits per heavy atom. The van der Waals surface area contributed by atoms with Crippen LogP contribution in [0.15, 0.2) is 0 Å². The Balaban J connectivity index is 3.46. The molecule has 0 radical (unpaired) electrons. The molecule has 1 atom stereocenters. The summed E-state index contributed by atoms with van der Waals surface area (Å²) < 4.78 is 11.0. The first kappa shape index (κ1) is 12.5. The molecule has 0 amide bonds. The summed E-state index contributed by atoms with van der Waals surface area (Å²) in [4.78, 5) is 0. The molecule has 0 aliphatic carbocycles. The molecule has 0 fully saturated rings. The Bertz CT molecular complexity index is 159. The molecule has 0 saturated carbocycles. The van der Waals surface area contributed by atoms with Gasteiger partial charge in [-0.25, -0.2) is 0 Å². The second-order valence-electron chi connectivity index (χ2n) is 3.06. The maximum absolute atomic E-state index is 11.0. The van der Waals surface area contributed by atoms with Gasteiger partial charge >= 0.3 is 0 Å². The molecule has 0 spiro atoms. The Kier molecular flexibility index (Phi) is 6.28. The largest absolute Gasteiger partial charge is 0.277 e. The molecular weight excluding hydrogens is 191 g/mol. The maximum Gasteiger partial charge on any atom is 0.261 e. The van der Waals surface area contributed by atoms with Crippen LogP contribution in [0.2, 0.25) is 0 Å². The summed E-state index contributed by atoms with van der Waals surface area (Å²) in [7, 11) is 0. The van der Waals surface area contributed by atoms with Crippen LogP contribution in [0.1, 0.15) is 39.5 Å². The number of hydrogen-bond acceptors (Lipinski definition) is 2. The Labute approximate surface area is 78.9 Å². The summed E-state index contributed by atoms with van der Waals surface area (Å²) >= 11 is 1.22.